The Morgan fingerprint density at radius 2 is 1.70 bits per heavy atom. The molecule has 0 aromatic heterocycles. The van der Waals surface area contributed by atoms with E-state index >= 15 is 0 Å². The number of benzene rings is 2. The standard InChI is InChI=1S/C28H35NO7S/c1-20-9-11-26(12-10-20)37(33,34)36-14-13-35-25-8-4-5-21(16-25)15-24(28(31)32)17-27(30)29-18-22-6-2-3-7-23(22)19-29/h4-5,8-12,16,22-24H,2-3,6-7,13-15,17-19H2,1H3,(H,31,32)/t22-,23+,24?. The number of carboxylic acid groups (broad SMARTS) is 1. The molecule has 2 aromatic rings. The number of amides is 1. The maximum Gasteiger partial charge on any atom is 0.307 e. The summed E-state index contributed by atoms with van der Waals surface area (Å²) in [6.45, 7) is 3.22. The first-order chi connectivity index (χ1) is 17.7. The Labute approximate surface area is 218 Å². The van der Waals surface area contributed by atoms with Gasteiger partial charge < -0.3 is 14.7 Å². The van der Waals surface area contributed by atoms with Gasteiger partial charge in [-0.3, -0.25) is 13.8 Å². The first-order valence-corrected chi connectivity index (χ1v) is 14.3. The molecule has 1 saturated carbocycles. The molecule has 200 valence electrons. The van der Waals surface area contributed by atoms with Crippen LogP contribution in [0.1, 0.15) is 43.2 Å². The molecule has 0 radical (unpaired) electrons. The summed E-state index contributed by atoms with van der Waals surface area (Å²) in [4.78, 5) is 26.8. The number of carbonyl (C=O) groups is 2. The van der Waals surface area contributed by atoms with E-state index in [4.69, 9.17) is 8.92 Å². The van der Waals surface area contributed by atoms with E-state index in [0.717, 1.165) is 37.1 Å². The normalized spacial score (nSPS) is 20.3. The number of likely N-dealkylation sites (tertiary alicyclic amines) is 1. The molecule has 37 heavy (non-hydrogen) atoms. The van der Waals surface area contributed by atoms with Crippen LogP contribution < -0.4 is 4.74 Å². The Bertz CT molecular complexity index is 1180. The highest BCUT2D eigenvalue weighted by Crippen LogP contribution is 2.36. The van der Waals surface area contributed by atoms with Crippen molar-refractivity contribution in [2.75, 3.05) is 26.3 Å². The summed E-state index contributed by atoms with van der Waals surface area (Å²) in [5.41, 5.74) is 1.69. The van der Waals surface area contributed by atoms with Gasteiger partial charge in [0.2, 0.25) is 5.91 Å². The summed E-state index contributed by atoms with van der Waals surface area (Å²) >= 11 is 0. The third kappa shape index (κ3) is 7.32. The van der Waals surface area contributed by atoms with E-state index in [1.54, 1.807) is 36.4 Å². The molecule has 1 N–H and O–H groups in total. The second-order valence-corrected chi connectivity index (χ2v) is 11.7. The minimum atomic E-state index is -3.87. The topological polar surface area (TPSA) is 110 Å². The zero-order chi connectivity index (χ0) is 26.4. The summed E-state index contributed by atoms with van der Waals surface area (Å²) < 4.78 is 35.3. The van der Waals surface area contributed by atoms with Crippen LogP contribution >= 0.6 is 0 Å². The van der Waals surface area contributed by atoms with Crippen LogP contribution in [0.2, 0.25) is 0 Å². The van der Waals surface area contributed by atoms with Gasteiger partial charge in [0.1, 0.15) is 19.0 Å². The summed E-state index contributed by atoms with van der Waals surface area (Å²) in [5, 5.41) is 9.79. The fourth-order valence-electron chi connectivity index (χ4n) is 5.32. The van der Waals surface area contributed by atoms with Crippen molar-refractivity contribution in [3.63, 3.8) is 0 Å². The van der Waals surface area contributed by atoms with Crippen LogP contribution in [0.3, 0.4) is 0 Å². The molecule has 9 heteroatoms. The van der Waals surface area contributed by atoms with Crippen molar-refractivity contribution in [1.82, 2.24) is 4.90 Å². The van der Waals surface area contributed by atoms with E-state index in [0.29, 0.717) is 17.6 Å². The molecule has 1 heterocycles. The molecule has 0 spiro atoms. The van der Waals surface area contributed by atoms with Gasteiger partial charge in [-0.2, -0.15) is 8.42 Å². The van der Waals surface area contributed by atoms with Gasteiger partial charge in [-0.1, -0.05) is 42.7 Å². The van der Waals surface area contributed by atoms with Gasteiger partial charge in [0, 0.05) is 19.5 Å². The molecule has 1 aliphatic heterocycles. The third-order valence-electron chi connectivity index (χ3n) is 7.38. The highest BCUT2D eigenvalue weighted by molar-refractivity contribution is 7.86. The Morgan fingerprint density at radius 3 is 2.35 bits per heavy atom. The number of fused-ring (bicyclic) bond motifs is 1. The maximum absolute atomic E-state index is 12.9. The number of carboxylic acids is 1. The molecule has 8 nitrogen and oxygen atoms in total. The molecular weight excluding hydrogens is 494 g/mol. The van der Waals surface area contributed by atoms with Crippen LogP contribution in [0, 0.1) is 24.7 Å². The van der Waals surface area contributed by atoms with Crippen molar-refractivity contribution in [3.8, 4) is 5.75 Å². The first kappa shape index (κ1) is 27.1. The van der Waals surface area contributed by atoms with Gasteiger partial charge in [-0.25, -0.2) is 0 Å². The Balaban J connectivity index is 1.27. The smallest absolute Gasteiger partial charge is 0.307 e. The minimum absolute atomic E-state index is 0.00663. The van der Waals surface area contributed by atoms with Crippen molar-refractivity contribution in [3.05, 3.63) is 59.7 Å². The van der Waals surface area contributed by atoms with Gasteiger partial charge >= 0.3 is 5.97 Å². The molecular formula is C28H35NO7S. The van der Waals surface area contributed by atoms with E-state index < -0.39 is 22.0 Å². The predicted molar refractivity (Wildman–Crippen MR) is 138 cm³/mol. The zero-order valence-electron chi connectivity index (χ0n) is 21.2. The largest absolute Gasteiger partial charge is 0.491 e. The number of hydrogen-bond acceptors (Lipinski definition) is 6. The lowest BCUT2D eigenvalue weighted by Gasteiger charge is -2.22. The molecule has 2 aliphatic rings. The van der Waals surface area contributed by atoms with Crippen molar-refractivity contribution in [2.45, 2.75) is 50.3 Å². The van der Waals surface area contributed by atoms with Crippen LogP contribution in [0.5, 0.6) is 5.75 Å². The maximum atomic E-state index is 12.9. The molecule has 4 rings (SSSR count). The average Bonchev–Trinajstić information content (AvgIpc) is 3.31. The Kier molecular flexibility index (Phi) is 8.87. The number of ether oxygens (including phenoxy) is 1. The van der Waals surface area contributed by atoms with Gasteiger partial charge in [0.25, 0.3) is 10.1 Å². The second-order valence-electron chi connectivity index (χ2n) is 10.1. The summed E-state index contributed by atoms with van der Waals surface area (Å²) in [6.07, 6.45) is 4.93. The third-order valence-corrected chi connectivity index (χ3v) is 8.71. The number of aryl methyl sites for hydroxylation is 1. The molecule has 1 amide bonds. The molecule has 1 saturated heterocycles. The zero-order valence-corrected chi connectivity index (χ0v) is 22.0. The molecule has 1 unspecified atom stereocenters. The lowest BCUT2D eigenvalue weighted by Crippen LogP contribution is -2.33. The Morgan fingerprint density at radius 1 is 1.03 bits per heavy atom. The second kappa shape index (κ2) is 12.1. The molecule has 2 fully saturated rings. The molecule has 1 aliphatic carbocycles. The average molecular weight is 530 g/mol. The van der Waals surface area contributed by atoms with Crippen LogP contribution in [0.15, 0.2) is 53.4 Å². The monoisotopic (exact) mass is 529 g/mol. The summed E-state index contributed by atoms with van der Waals surface area (Å²) in [5.74, 6) is -0.301. The summed E-state index contributed by atoms with van der Waals surface area (Å²) in [6, 6.07) is 13.4. The van der Waals surface area contributed by atoms with E-state index in [-0.39, 0.29) is 36.9 Å². The fourth-order valence-corrected chi connectivity index (χ4v) is 6.21. The Hall–Kier alpha value is -2.91. The highest BCUT2D eigenvalue weighted by atomic mass is 32.2. The molecule has 0 bridgehead atoms. The minimum Gasteiger partial charge on any atom is -0.491 e. The molecule has 3 atom stereocenters. The van der Waals surface area contributed by atoms with Gasteiger partial charge in [0.15, 0.2) is 0 Å². The number of rotatable bonds is 11. The van der Waals surface area contributed by atoms with E-state index in [9.17, 15) is 23.1 Å². The van der Waals surface area contributed by atoms with Gasteiger partial charge in [0.05, 0.1) is 10.8 Å². The van der Waals surface area contributed by atoms with Crippen molar-refractivity contribution in [2.24, 2.45) is 17.8 Å². The number of aliphatic carboxylic acids is 1. The number of nitrogens with zero attached hydrogens (tertiary/aromatic N) is 1. The summed E-state index contributed by atoms with van der Waals surface area (Å²) in [7, 11) is -3.87. The lowest BCUT2D eigenvalue weighted by atomic mass is 9.82. The lowest BCUT2D eigenvalue weighted by molar-refractivity contribution is -0.145. The van der Waals surface area contributed by atoms with Gasteiger partial charge in [-0.15, -0.1) is 0 Å². The molecule has 2 aromatic carbocycles. The van der Waals surface area contributed by atoms with Crippen LogP contribution in [0.4, 0.5) is 0 Å². The van der Waals surface area contributed by atoms with E-state index in [1.165, 1.54) is 25.0 Å². The quantitative estimate of drug-likeness (QED) is 0.345. The van der Waals surface area contributed by atoms with Crippen LogP contribution in [0.25, 0.3) is 0 Å². The van der Waals surface area contributed by atoms with Crippen molar-refractivity contribution < 1.29 is 32.0 Å². The SMILES string of the molecule is Cc1ccc(S(=O)(=O)OCCOc2cccc(CC(CC(=O)N3C[C@H]4CCCC[C@H]4C3)C(=O)O)c2)cc1. The van der Waals surface area contributed by atoms with E-state index in [2.05, 4.69) is 0 Å². The predicted octanol–water partition coefficient (Wildman–Crippen LogP) is 4.06. The van der Waals surface area contributed by atoms with Crippen molar-refractivity contribution in [1.29, 1.82) is 0 Å². The van der Waals surface area contributed by atoms with Gasteiger partial charge in [-0.05, 0) is 67.9 Å². The fraction of sp³-hybridized carbons (Fsp3) is 0.500. The van der Waals surface area contributed by atoms with Crippen LogP contribution in [-0.2, 0) is 30.3 Å². The van der Waals surface area contributed by atoms with Crippen LogP contribution in [-0.4, -0.2) is 56.6 Å². The van der Waals surface area contributed by atoms with Crippen molar-refractivity contribution >= 4 is 22.0 Å². The first-order valence-electron chi connectivity index (χ1n) is 12.9. The number of hydrogen-bond donors (Lipinski definition) is 1. The van der Waals surface area contributed by atoms with E-state index in [1.807, 2.05) is 11.8 Å². The highest BCUT2D eigenvalue weighted by Gasteiger charge is 2.37. The number of carbonyl (C=O) groups excluding carboxylic acids is 1.